The van der Waals surface area contributed by atoms with E-state index < -0.39 is 17.6 Å². The van der Waals surface area contributed by atoms with E-state index in [1.165, 1.54) is 12.1 Å². The molecule has 3 aromatic rings. The summed E-state index contributed by atoms with van der Waals surface area (Å²) in [6, 6.07) is 9.52. The van der Waals surface area contributed by atoms with Gasteiger partial charge in [0.25, 0.3) is 5.91 Å². The van der Waals surface area contributed by atoms with Crippen LogP contribution in [-0.2, 0) is 6.18 Å². The number of nitrogens with one attached hydrogen (secondary N) is 2. The second kappa shape index (κ2) is 7.63. The average Bonchev–Trinajstić information content (AvgIpc) is 2.90. The summed E-state index contributed by atoms with van der Waals surface area (Å²) in [6.45, 7) is 0. The zero-order valence-corrected chi connectivity index (χ0v) is 16.3. The summed E-state index contributed by atoms with van der Waals surface area (Å²) in [6.07, 6.45) is -4.48. The van der Waals surface area contributed by atoms with E-state index >= 15 is 0 Å². The maximum atomic E-state index is 12.8. The van der Waals surface area contributed by atoms with E-state index in [0.717, 1.165) is 28.2 Å². The average molecular weight is 449 g/mol. The van der Waals surface area contributed by atoms with E-state index in [1.807, 2.05) is 0 Å². The highest BCUT2D eigenvalue weighted by Gasteiger charge is 2.30. The van der Waals surface area contributed by atoms with E-state index in [2.05, 4.69) is 10.6 Å². The topological polar surface area (TPSA) is 41.1 Å². The molecule has 0 spiro atoms. The lowest BCUT2D eigenvalue weighted by molar-refractivity contribution is -0.137. The molecule has 0 bridgehead atoms. The Balaban J connectivity index is 1.75. The minimum atomic E-state index is -4.48. The molecule has 0 aliphatic carbocycles. The molecule has 0 fully saturated rings. The molecule has 0 radical (unpaired) electrons. The SMILES string of the molecule is O=C(NC(=S)Nc1cccc(C(F)(F)F)c1)c1sc2cc(Cl)ccc2c1Cl. The molecule has 0 unspecified atom stereocenters. The molecule has 0 atom stereocenters. The number of fused-ring (bicyclic) bond motifs is 1. The van der Waals surface area contributed by atoms with Gasteiger partial charge in [0.1, 0.15) is 4.88 Å². The van der Waals surface area contributed by atoms with Crippen LogP contribution in [0.2, 0.25) is 10.0 Å². The fourth-order valence-corrected chi connectivity index (χ4v) is 4.18. The van der Waals surface area contributed by atoms with Crippen molar-refractivity contribution in [1.29, 1.82) is 0 Å². The van der Waals surface area contributed by atoms with Gasteiger partial charge in [0.15, 0.2) is 5.11 Å². The van der Waals surface area contributed by atoms with Crippen molar-refractivity contribution in [3.05, 3.63) is 63.0 Å². The summed E-state index contributed by atoms with van der Waals surface area (Å²) in [4.78, 5) is 12.6. The molecular formula is C17H9Cl2F3N2OS2. The highest BCUT2D eigenvalue weighted by molar-refractivity contribution is 7.80. The van der Waals surface area contributed by atoms with Crippen molar-refractivity contribution in [2.75, 3.05) is 5.32 Å². The third kappa shape index (κ3) is 4.52. The standard InChI is InChI=1S/C17H9Cl2F3N2OS2/c18-9-4-5-11-12(7-9)27-14(13(11)19)15(25)24-16(26)23-10-3-1-2-8(6-10)17(20,21)22/h1-7H,(H2,23,24,25,26). The Morgan fingerprint density at radius 2 is 1.85 bits per heavy atom. The molecule has 0 aliphatic heterocycles. The van der Waals surface area contributed by atoms with Crippen molar-refractivity contribution in [3.63, 3.8) is 0 Å². The van der Waals surface area contributed by atoms with Crippen molar-refractivity contribution >= 4 is 73.5 Å². The lowest BCUT2D eigenvalue weighted by atomic mass is 10.2. The number of carbonyl (C=O) groups excluding carboxylic acids is 1. The van der Waals surface area contributed by atoms with Gasteiger partial charge in [-0.05, 0) is 42.5 Å². The molecule has 140 valence electrons. The van der Waals surface area contributed by atoms with Crippen molar-refractivity contribution in [2.45, 2.75) is 6.18 Å². The Labute approximate surface area is 171 Å². The van der Waals surface area contributed by atoms with Crippen LogP contribution in [0.15, 0.2) is 42.5 Å². The summed E-state index contributed by atoms with van der Waals surface area (Å²) < 4.78 is 39.0. The number of hydrogen-bond donors (Lipinski definition) is 2. The van der Waals surface area contributed by atoms with Gasteiger partial charge in [-0.1, -0.05) is 35.3 Å². The predicted octanol–water partition coefficient (Wildman–Crippen LogP) is 6.35. The molecule has 1 heterocycles. The van der Waals surface area contributed by atoms with E-state index in [1.54, 1.807) is 18.2 Å². The molecule has 3 rings (SSSR count). The van der Waals surface area contributed by atoms with Gasteiger partial charge < -0.3 is 5.32 Å². The molecule has 2 N–H and O–H groups in total. The molecule has 0 saturated carbocycles. The number of carbonyl (C=O) groups is 1. The number of alkyl halides is 3. The summed E-state index contributed by atoms with van der Waals surface area (Å²) in [5.74, 6) is -0.568. The van der Waals surface area contributed by atoms with Gasteiger partial charge in [0.05, 0.1) is 10.6 Å². The Bertz CT molecular complexity index is 1050. The highest BCUT2D eigenvalue weighted by Crippen LogP contribution is 2.36. The van der Waals surface area contributed by atoms with Crippen molar-refractivity contribution in [2.24, 2.45) is 0 Å². The third-order valence-electron chi connectivity index (χ3n) is 3.47. The van der Waals surface area contributed by atoms with Gasteiger partial charge in [0, 0.05) is 20.8 Å². The number of thiophene rings is 1. The quantitative estimate of drug-likeness (QED) is 0.448. The second-order valence-electron chi connectivity index (χ2n) is 5.37. The number of rotatable bonds is 2. The first kappa shape index (κ1) is 19.9. The number of thiocarbonyl (C=S) groups is 1. The number of halogens is 5. The maximum absolute atomic E-state index is 12.8. The summed E-state index contributed by atoms with van der Waals surface area (Å²) in [7, 11) is 0. The van der Waals surface area contributed by atoms with Crippen molar-refractivity contribution < 1.29 is 18.0 Å². The van der Waals surface area contributed by atoms with Crippen LogP contribution in [0.25, 0.3) is 10.1 Å². The van der Waals surface area contributed by atoms with E-state index in [-0.39, 0.29) is 20.7 Å². The largest absolute Gasteiger partial charge is 0.416 e. The summed E-state index contributed by atoms with van der Waals surface area (Å²) in [5.41, 5.74) is -0.726. The van der Waals surface area contributed by atoms with E-state index in [4.69, 9.17) is 35.4 Å². The van der Waals surface area contributed by atoms with Crippen LogP contribution in [-0.4, -0.2) is 11.0 Å². The fourth-order valence-electron chi connectivity index (χ4n) is 2.28. The highest BCUT2D eigenvalue weighted by atomic mass is 35.5. The smallest absolute Gasteiger partial charge is 0.332 e. The lowest BCUT2D eigenvalue weighted by Crippen LogP contribution is -2.33. The molecule has 2 aromatic carbocycles. The number of benzene rings is 2. The van der Waals surface area contributed by atoms with Gasteiger partial charge in [-0.3, -0.25) is 10.1 Å². The van der Waals surface area contributed by atoms with Crippen LogP contribution < -0.4 is 10.6 Å². The summed E-state index contributed by atoms with van der Waals surface area (Å²) in [5, 5.41) is 6.26. The Hall–Kier alpha value is -1.87. The normalized spacial score (nSPS) is 11.4. The van der Waals surface area contributed by atoms with Crippen LogP contribution in [0.1, 0.15) is 15.2 Å². The Kier molecular flexibility index (Phi) is 5.62. The maximum Gasteiger partial charge on any atom is 0.416 e. The van der Waals surface area contributed by atoms with Gasteiger partial charge in [-0.15, -0.1) is 11.3 Å². The first-order chi connectivity index (χ1) is 12.6. The minimum absolute atomic E-state index is 0.101. The van der Waals surface area contributed by atoms with Gasteiger partial charge in [-0.25, -0.2) is 0 Å². The predicted molar refractivity (Wildman–Crippen MR) is 107 cm³/mol. The molecule has 1 amide bonds. The number of anilines is 1. The zero-order chi connectivity index (χ0) is 19.8. The van der Waals surface area contributed by atoms with Crippen molar-refractivity contribution in [3.8, 4) is 0 Å². The Morgan fingerprint density at radius 3 is 2.56 bits per heavy atom. The monoisotopic (exact) mass is 448 g/mol. The number of amides is 1. The first-order valence-corrected chi connectivity index (χ1v) is 9.30. The van der Waals surface area contributed by atoms with Crippen LogP contribution >= 0.6 is 46.8 Å². The van der Waals surface area contributed by atoms with Gasteiger partial charge in [0.2, 0.25) is 0 Å². The molecule has 27 heavy (non-hydrogen) atoms. The fraction of sp³-hybridized carbons (Fsp3) is 0.0588. The minimum Gasteiger partial charge on any atom is -0.332 e. The van der Waals surface area contributed by atoms with E-state index in [9.17, 15) is 18.0 Å². The van der Waals surface area contributed by atoms with Crippen LogP contribution in [0.5, 0.6) is 0 Å². The van der Waals surface area contributed by atoms with Gasteiger partial charge >= 0.3 is 6.18 Å². The molecule has 10 heteroatoms. The third-order valence-corrected chi connectivity index (χ3v) is 5.57. The molecule has 1 aromatic heterocycles. The molecule has 0 saturated heterocycles. The zero-order valence-electron chi connectivity index (χ0n) is 13.2. The second-order valence-corrected chi connectivity index (χ2v) is 7.65. The van der Waals surface area contributed by atoms with Crippen LogP contribution in [0, 0.1) is 0 Å². The first-order valence-electron chi connectivity index (χ1n) is 7.32. The van der Waals surface area contributed by atoms with E-state index in [0.29, 0.717) is 10.4 Å². The molecular weight excluding hydrogens is 440 g/mol. The molecule has 0 aliphatic rings. The van der Waals surface area contributed by atoms with Gasteiger partial charge in [-0.2, -0.15) is 13.2 Å². The van der Waals surface area contributed by atoms with Crippen molar-refractivity contribution in [1.82, 2.24) is 5.32 Å². The molecule has 3 nitrogen and oxygen atoms in total. The summed E-state index contributed by atoms with van der Waals surface area (Å²) >= 11 is 18.3. The van der Waals surface area contributed by atoms with Crippen LogP contribution in [0.3, 0.4) is 0 Å². The number of hydrogen-bond acceptors (Lipinski definition) is 3. The lowest BCUT2D eigenvalue weighted by Gasteiger charge is -2.11. The Morgan fingerprint density at radius 1 is 1.11 bits per heavy atom. The van der Waals surface area contributed by atoms with Crippen LogP contribution in [0.4, 0.5) is 18.9 Å².